The molecule has 5 rings (SSSR count). The number of likely N-dealkylation sites (tertiary alicyclic amines) is 2. The van der Waals surface area contributed by atoms with E-state index in [1.807, 2.05) is 46.0 Å². The van der Waals surface area contributed by atoms with E-state index in [0.29, 0.717) is 55.5 Å². The van der Waals surface area contributed by atoms with Gasteiger partial charge in [0.1, 0.15) is 0 Å². The maximum absolute atomic E-state index is 13.7. The molecule has 0 unspecified atom stereocenters. The van der Waals surface area contributed by atoms with Crippen molar-refractivity contribution in [3.05, 3.63) is 47.0 Å². The minimum absolute atomic E-state index is 0.00760. The monoisotopic (exact) mass is 553 g/mol. The molecule has 4 fully saturated rings. The van der Waals surface area contributed by atoms with Crippen LogP contribution in [0, 0.1) is 23.2 Å². The summed E-state index contributed by atoms with van der Waals surface area (Å²) in [4.78, 5) is 46.0. The van der Waals surface area contributed by atoms with Crippen LogP contribution in [-0.2, 0) is 14.4 Å². The number of piperidine rings is 1. The van der Waals surface area contributed by atoms with Gasteiger partial charge in [-0.2, -0.15) is 0 Å². The minimum atomic E-state index is -0.165. The van der Waals surface area contributed by atoms with Gasteiger partial charge in [-0.3, -0.25) is 14.4 Å². The van der Waals surface area contributed by atoms with Crippen molar-refractivity contribution in [2.24, 2.45) is 23.2 Å². The second kappa shape index (κ2) is 11.3. The van der Waals surface area contributed by atoms with Gasteiger partial charge < -0.3 is 14.7 Å². The van der Waals surface area contributed by atoms with E-state index in [2.05, 4.69) is 20.4 Å². The highest BCUT2D eigenvalue weighted by Crippen LogP contribution is 2.47. The Hall–Kier alpha value is -2.34. The van der Waals surface area contributed by atoms with Crippen LogP contribution in [0.2, 0.25) is 5.02 Å². The molecule has 0 aromatic heterocycles. The maximum Gasteiger partial charge on any atom is 0.249 e. The molecular formula is C32H44ClN3O3. The van der Waals surface area contributed by atoms with Gasteiger partial charge >= 0.3 is 0 Å². The number of benzene rings is 1. The summed E-state index contributed by atoms with van der Waals surface area (Å²) in [7, 11) is 1.88. The summed E-state index contributed by atoms with van der Waals surface area (Å²) in [6, 6.07) is 7.68. The van der Waals surface area contributed by atoms with Crippen molar-refractivity contribution in [1.82, 2.24) is 14.7 Å². The van der Waals surface area contributed by atoms with E-state index in [-0.39, 0.29) is 46.9 Å². The van der Waals surface area contributed by atoms with E-state index >= 15 is 0 Å². The standard InChI is InChI=1S/C32H44ClN3O3/c1-21-5-7-23(8-6-21)22(2)29(37)34(4)28-20-36(19-27(28)24-9-11-26(33)12-10-24)30(38)25-13-17-35(18-14-25)31(39)32(3)15-16-32/h9-12,21,23,25,27-28H,2,5-8,13-20H2,1,3-4H3/t21-,23-,27-,28+/m1/s1. The van der Waals surface area contributed by atoms with Crippen LogP contribution in [0.15, 0.2) is 36.4 Å². The molecule has 1 aromatic carbocycles. The van der Waals surface area contributed by atoms with Crippen molar-refractivity contribution >= 4 is 29.3 Å². The molecule has 0 radical (unpaired) electrons. The number of carbonyl (C=O) groups is 3. The first-order valence-electron chi connectivity index (χ1n) is 14.9. The lowest BCUT2D eigenvalue weighted by Crippen LogP contribution is -2.46. The Morgan fingerprint density at radius 3 is 2.13 bits per heavy atom. The molecule has 7 heteroatoms. The Kier molecular flexibility index (Phi) is 8.15. The van der Waals surface area contributed by atoms with Gasteiger partial charge in [0, 0.05) is 61.1 Å². The predicted octanol–water partition coefficient (Wildman–Crippen LogP) is 5.51. The first-order valence-corrected chi connectivity index (χ1v) is 15.2. The SMILES string of the molecule is C=C(C(=O)N(C)[C@H]1CN(C(=O)C2CCN(C(=O)C3(C)CC3)CC2)C[C@@H]1c1ccc(Cl)cc1)[C@H]1CC[C@H](C)CC1. The molecule has 2 saturated heterocycles. The summed E-state index contributed by atoms with van der Waals surface area (Å²) < 4.78 is 0. The number of hydrogen-bond acceptors (Lipinski definition) is 3. The summed E-state index contributed by atoms with van der Waals surface area (Å²) in [6.45, 7) is 11.0. The number of halogens is 1. The Morgan fingerprint density at radius 2 is 1.54 bits per heavy atom. The van der Waals surface area contributed by atoms with E-state index in [1.165, 1.54) is 0 Å². The van der Waals surface area contributed by atoms with Gasteiger partial charge in [0.25, 0.3) is 0 Å². The van der Waals surface area contributed by atoms with E-state index in [0.717, 1.165) is 44.1 Å². The number of rotatable bonds is 6. The predicted molar refractivity (Wildman–Crippen MR) is 154 cm³/mol. The van der Waals surface area contributed by atoms with Gasteiger partial charge in [0.15, 0.2) is 0 Å². The molecule has 6 nitrogen and oxygen atoms in total. The third kappa shape index (κ3) is 5.91. The van der Waals surface area contributed by atoms with Crippen molar-refractivity contribution in [3.63, 3.8) is 0 Å². The van der Waals surface area contributed by atoms with Crippen LogP contribution < -0.4 is 0 Å². The van der Waals surface area contributed by atoms with E-state index < -0.39 is 0 Å². The molecule has 2 atom stereocenters. The zero-order valence-corrected chi connectivity index (χ0v) is 24.6. The lowest BCUT2D eigenvalue weighted by molar-refractivity contribution is -0.142. The lowest BCUT2D eigenvalue weighted by Gasteiger charge is -2.35. The molecule has 0 spiro atoms. The molecule has 2 aliphatic heterocycles. The third-order valence-corrected chi connectivity index (χ3v) is 10.4. The molecule has 3 amide bonds. The second-order valence-corrected chi connectivity index (χ2v) is 13.4. The fraction of sp³-hybridized carbons (Fsp3) is 0.656. The summed E-state index contributed by atoms with van der Waals surface area (Å²) in [5, 5.41) is 0.673. The Morgan fingerprint density at radius 1 is 0.923 bits per heavy atom. The Labute approximate surface area is 238 Å². The third-order valence-electron chi connectivity index (χ3n) is 10.1. The molecule has 2 aliphatic carbocycles. The molecule has 2 heterocycles. The highest BCUT2D eigenvalue weighted by atomic mass is 35.5. The minimum Gasteiger partial charge on any atom is -0.342 e. The largest absolute Gasteiger partial charge is 0.342 e. The summed E-state index contributed by atoms with van der Waals surface area (Å²) in [6.07, 6.45) is 7.70. The van der Waals surface area contributed by atoms with Gasteiger partial charge in [0.2, 0.25) is 17.7 Å². The van der Waals surface area contributed by atoms with Gasteiger partial charge in [-0.25, -0.2) is 0 Å². The van der Waals surface area contributed by atoms with Crippen LogP contribution >= 0.6 is 11.6 Å². The van der Waals surface area contributed by atoms with E-state index in [9.17, 15) is 14.4 Å². The summed E-state index contributed by atoms with van der Waals surface area (Å²) >= 11 is 6.18. The van der Waals surface area contributed by atoms with Crippen LogP contribution in [-0.4, -0.2) is 71.7 Å². The fourth-order valence-corrected chi connectivity index (χ4v) is 7.05. The van der Waals surface area contributed by atoms with Crippen molar-refractivity contribution in [3.8, 4) is 0 Å². The molecule has 39 heavy (non-hydrogen) atoms. The molecule has 2 saturated carbocycles. The van der Waals surface area contributed by atoms with Crippen LogP contribution in [0.25, 0.3) is 0 Å². The van der Waals surface area contributed by atoms with Crippen molar-refractivity contribution in [1.29, 1.82) is 0 Å². The normalized spacial score (nSPS) is 28.7. The zero-order valence-electron chi connectivity index (χ0n) is 23.8. The van der Waals surface area contributed by atoms with Crippen molar-refractivity contribution in [2.75, 3.05) is 33.2 Å². The first kappa shape index (κ1) is 28.2. The number of nitrogens with zero attached hydrogens (tertiary/aromatic N) is 3. The first-order chi connectivity index (χ1) is 18.6. The Balaban J connectivity index is 1.27. The highest BCUT2D eigenvalue weighted by molar-refractivity contribution is 6.30. The number of hydrogen-bond donors (Lipinski definition) is 0. The molecule has 0 N–H and O–H groups in total. The maximum atomic E-state index is 13.7. The second-order valence-electron chi connectivity index (χ2n) is 13.0. The topological polar surface area (TPSA) is 60.9 Å². The molecule has 212 valence electrons. The lowest BCUT2D eigenvalue weighted by atomic mass is 9.79. The highest BCUT2D eigenvalue weighted by Gasteiger charge is 2.48. The fourth-order valence-electron chi connectivity index (χ4n) is 6.93. The smallest absolute Gasteiger partial charge is 0.249 e. The van der Waals surface area contributed by atoms with Gasteiger partial charge in [0.05, 0.1) is 6.04 Å². The van der Waals surface area contributed by atoms with E-state index in [4.69, 9.17) is 11.6 Å². The van der Waals surface area contributed by atoms with Crippen molar-refractivity contribution < 1.29 is 14.4 Å². The number of amides is 3. The van der Waals surface area contributed by atoms with Crippen LogP contribution in [0.1, 0.15) is 76.7 Å². The zero-order chi connectivity index (χ0) is 27.9. The van der Waals surface area contributed by atoms with Crippen molar-refractivity contribution in [2.45, 2.75) is 77.2 Å². The number of likely N-dealkylation sites (N-methyl/N-ethyl adjacent to an activating group) is 1. The number of carbonyl (C=O) groups excluding carboxylic acids is 3. The molecule has 0 bridgehead atoms. The van der Waals surface area contributed by atoms with Gasteiger partial charge in [-0.15, -0.1) is 0 Å². The molecular weight excluding hydrogens is 510 g/mol. The average Bonchev–Trinajstić information content (AvgIpc) is 3.55. The average molecular weight is 554 g/mol. The van der Waals surface area contributed by atoms with Gasteiger partial charge in [-0.05, 0) is 68.1 Å². The van der Waals surface area contributed by atoms with Crippen LogP contribution in [0.4, 0.5) is 0 Å². The van der Waals surface area contributed by atoms with Crippen LogP contribution in [0.5, 0.6) is 0 Å². The quantitative estimate of drug-likeness (QED) is 0.436. The molecule has 4 aliphatic rings. The van der Waals surface area contributed by atoms with Gasteiger partial charge in [-0.1, -0.05) is 57.0 Å². The molecule has 1 aromatic rings. The van der Waals surface area contributed by atoms with Crippen LogP contribution in [0.3, 0.4) is 0 Å². The van der Waals surface area contributed by atoms with E-state index in [1.54, 1.807) is 0 Å². The summed E-state index contributed by atoms with van der Waals surface area (Å²) in [5.74, 6) is 1.31. The summed E-state index contributed by atoms with van der Waals surface area (Å²) in [5.41, 5.74) is 1.64. The Bertz CT molecular complexity index is 1100.